The molecule has 78 valence electrons. The van der Waals surface area contributed by atoms with E-state index in [-0.39, 0.29) is 25.3 Å². The van der Waals surface area contributed by atoms with Crippen molar-refractivity contribution in [3.8, 4) is 0 Å². The molecule has 14 heavy (non-hydrogen) atoms. The number of aliphatic hydroxyl groups is 1. The van der Waals surface area contributed by atoms with E-state index in [2.05, 4.69) is 5.32 Å². The van der Waals surface area contributed by atoms with E-state index in [1.807, 2.05) is 0 Å². The first-order chi connectivity index (χ1) is 6.52. The maximum absolute atomic E-state index is 11.2. The second-order valence-electron chi connectivity index (χ2n) is 3.27. The summed E-state index contributed by atoms with van der Waals surface area (Å²) in [6, 6.07) is 0. The van der Waals surface area contributed by atoms with Crippen molar-refractivity contribution in [2.75, 3.05) is 13.2 Å². The highest BCUT2D eigenvalue weighted by Crippen LogP contribution is 2.28. The molecule has 0 radical (unpaired) electrons. The van der Waals surface area contributed by atoms with E-state index < -0.39 is 17.2 Å². The molecule has 1 atom stereocenters. The first-order valence-electron chi connectivity index (χ1n) is 4.19. The van der Waals surface area contributed by atoms with Crippen LogP contribution >= 0.6 is 0 Å². The summed E-state index contributed by atoms with van der Waals surface area (Å²) in [4.78, 5) is 21.9. The number of amides is 2. The molecule has 0 saturated carbocycles. The third-order valence-corrected chi connectivity index (χ3v) is 2.33. The van der Waals surface area contributed by atoms with Gasteiger partial charge >= 0.3 is 0 Å². The molecule has 0 saturated heterocycles. The minimum atomic E-state index is -0.987. The fourth-order valence-electron chi connectivity index (χ4n) is 1.43. The fraction of sp³-hybridized carbons (Fsp3) is 0.500. The molecule has 0 aromatic heterocycles. The van der Waals surface area contributed by atoms with Crippen molar-refractivity contribution < 1.29 is 14.7 Å². The molecule has 0 aromatic rings. The molecular formula is C8H13N3O3. The summed E-state index contributed by atoms with van der Waals surface area (Å²) in [5.41, 5.74) is 9.42. The van der Waals surface area contributed by atoms with Crippen molar-refractivity contribution in [2.45, 2.75) is 6.42 Å². The quantitative estimate of drug-likeness (QED) is 0.411. The topological polar surface area (TPSA) is 118 Å². The van der Waals surface area contributed by atoms with Crippen LogP contribution < -0.4 is 16.8 Å². The highest BCUT2D eigenvalue weighted by molar-refractivity contribution is 5.95. The average molecular weight is 199 g/mol. The summed E-state index contributed by atoms with van der Waals surface area (Å²) in [6.45, 7) is 0.0360. The number of carbonyl (C=O) groups is 2. The van der Waals surface area contributed by atoms with Crippen molar-refractivity contribution in [2.24, 2.45) is 16.9 Å². The van der Waals surface area contributed by atoms with Gasteiger partial charge in [-0.2, -0.15) is 0 Å². The highest BCUT2D eigenvalue weighted by atomic mass is 16.3. The van der Waals surface area contributed by atoms with Gasteiger partial charge in [0, 0.05) is 13.2 Å². The van der Waals surface area contributed by atoms with E-state index in [0.29, 0.717) is 0 Å². The summed E-state index contributed by atoms with van der Waals surface area (Å²) < 4.78 is 0. The lowest BCUT2D eigenvalue weighted by molar-refractivity contribution is -0.125. The molecule has 6 heteroatoms. The molecular weight excluding hydrogens is 186 g/mol. The number of primary amides is 2. The number of hydrogen-bond donors (Lipinski definition) is 4. The summed E-state index contributed by atoms with van der Waals surface area (Å²) >= 11 is 0. The van der Waals surface area contributed by atoms with E-state index in [1.54, 1.807) is 0 Å². The third kappa shape index (κ3) is 1.69. The normalized spacial score (nSPS) is 25.4. The van der Waals surface area contributed by atoms with Crippen molar-refractivity contribution in [1.82, 2.24) is 5.32 Å². The van der Waals surface area contributed by atoms with Gasteiger partial charge in [-0.1, -0.05) is 0 Å². The Morgan fingerprint density at radius 3 is 2.57 bits per heavy atom. The lowest BCUT2D eigenvalue weighted by Gasteiger charge is -2.20. The Morgan fingerprint density at radius 1 is 1.57 bits per heavy atom. The smallest absolute Gasteiger partial charge is 0.264 e. The number of rotatable bonds is 4. The molecule has 0 bridgehead atoms. The molecule has 1 aliphatic rings. The summed E-state index contributed by atoms with van der Waals surface area (Å²) in [5, 5.41) is 11.5. The molecule has 2 amide bonds. The molecule has 6 nitrogen and oxygen atoms in total. The molecule has 0 fully saturated rings. The standard InChI is InChI=1S/C8H13N3O3/c9-6(13)5-3-8(1-2-12,4-11-5)7(10)14/h3,11-12H,1-2,4H2,(H2,9,13)(H2,10,14). The van der Waals surface area contributed by atoms with Crippen molar-refractivity contribution >= 4 is 11.8 Å². The van der Waals surface area contributed by atoms with Crippen LogP contribution in [0.4, 0.5) is 0 Å². The molecule has 1 aliphatic heterocycles. The zero-order valence-electron chi connectivity index (χ0n) is 7.62. The van der Waals surface area contributed by atoms with Crippen LogP contribution in [0.2, 0.25) is 0 Å². The lowest BCUT2D eigenvalue weighted by atomic mass is 9.85. The van der Waals surface area contributed by atoms with Gasteiger partial charge in [0.1, 0.15) is 0 Å². The molecule has 0 aliphatic carbocycles. The van der Waals surface area contributed by atoms with Crippen LogP contribution in [0.1, 0.15) is 6.42 Å². The van der Waals surface area contributed by atoms with Gasteiger partial charge in [0.15, 0.2) is 0 Å². The summed E-state index contributed by atoms with van der Waals surface area (Å²) in [5.74, 6) is -1.21. The Kier molecular flexibility index (Phi) is 2.76. The maximum atomic E-state index is 11.2. The minimum absolute atomic E-state index is 0.173. The van der Waals surface area contributed by atoms with Crippen LogP contribution in [0.25, 0.3) is 0 Å². The Labute approximate surface area is 80.9 Å². The van der Waals surface area contributed by atoms with Gasteiger partial charge in [-0.05, 0) is 12.5 Å². The highest BCUT2D eigenvalue weighted by Gasteiger charge is 2.39. The van der Waals surface area contributed by atoms with Gasteiger partial charge in [-0.3, -0.25) is 9.59 Å². The second kappa shape index (κ2) is 3.67. The number of nitrogens with one attached hydrogen (secondary N) is 1. The third-order valence-electron chi connectivity index (χ3n) is 2.33. The molecule has 1 unspecified atom stereocenters. The average Bonchev–Trinajstić information content (AvgIpc) is 2.50. The van der Waals surface area contributed by atoms with E-state index in [4.69, 9.17) is 16.6 Å². The van der Waals surface area contributed by atoms with Crippen molar-refractivity contribution in [3.05, 3.63) is 11.8 Å². The Hall–Kier alpha value is -1.56. The second-order valence-corrected chi connectivity index (χ2v) is 3.27. The summed E-state index contributed by atoms with van der Waals surface area (Å²) in [6.07, 6.45) is 1.58. The Morgan fingerprint density at radius 2 is 2.21 bits per heavy atom. The predicted octanol–water partition coefficient (Wildman–Crippen LogP) is -2.19. The first-order valence-corrected chi connectivity index (χ1v) is 4.19. The van der Waals surface area contributed by atoms with Crippen LogP contribution in [0.5, 0.6) is 0 Å². The number of carbonyl (C=O) groups excluding carboxylic acids is 2. The van der Waals surface area contributed by atoms with E-state index in [1.165, 1.54) is 6.08 Å². The van der Waals surface area contributed by atoms with Crippen LogP contribution in [0.3, 0.4) is 0 Å². The zero-order chi connectivity index (χ0) is 10.8. The Bertz CT molecular complexity index is 300. The van der Waals surface area contributed by atoms with Gasteiger partial charge in [-0.15, -0.1) is 0 Å². The number of nitrogens with two attached hydrogens (primary N) is 2. The largest absolute Gasteiger partial charge is 0.396 e. The molecule has 1 heterocycles. The number of hydrogen-bond acceptors (Lipinski definition) is 4. The van der Waals surface area contributed by atoms with E-state index in [0.717, 1.165) is 0 Å². The molecule has 0 aromatic carbocycles. The van der Waals surface area contributed by atoms with Crippen LogP contribution in [-0.4, -0.2) is 30.1 Å². The number of aliphatic hydroxyl groups excluding tert-OH is 1. The van der Waals surface area contributed by atoms with Gasteiger partial charge < -0.3 is 21.9 Å². The first kappa shape index (κ1) is 10.5. The van der Waals surface area contributed by atoms with Crippen LogP contribution in [-0.2, 0) is 9.59 Å². The van der Waals surface area contributed by atoms with Crippen LogP contribution in [0, 0.1) is 5.41 Å². The van der Waals surface area contributed by atoms with Crippen LogP contribution in [0.15, 0.2) is 11.8 Å². The van der Waals surface area contributed by atoms with Gasteiger partial charge in [0.2, 0.25) is 5.91 Å². The molecule has 6 N–H and O–H groups in total. The van der Waals surface area contributed by atoms with Gasteiger partial charge in [0.25, 0.3) is 5.91 Å². The fourth-order valence-corrected chi connectivity index (χ4v) is 1.43. The SMILES string of the molecule is NC(=O)C1=CC(CCO)(C(N)=O)CN1. The lowest BCUT2D eigenvalue weighted by Crippen LogP contribution is -2.39. The monoisotopic (exact) mass is 199 g/mol. The Balaban J connectivity index is 2.93. The minimum Gasteiger partial charge on any atom is -0.396 e. The van der Waals surface area contributed by atoms with E-state index >= 15 is 0 Å². The molecule has 0 spiro atoms. The predicted molar refractivity (Wildman–Crippen MR) is 48.6 cm³/mol. The van der Waals surface area contributed by atoms with Crippen molar-refractivity contribution in [3.63, 3.8) is 0 Å². The van der Waals surface area contributed by atoms with Gasteiger partial charge in [-0.25, -0.2) is 0 Å². The molecule has 1 rings (SSSR count). The van der Waals surface area contributed by atoms with E-state index in [9.17, 15) is 9.59 Å². The summed E-state index contributed by atoms with van der Waals surface area (Å²) in [7, 11) is 0. The maximum Gasteiger partial charge on any atom is 0.264 e. The van der Waals surface area contributed by atoms with Gasteiger partial charge in [0.05, 0.1) is 11.1 Å². The zero-order valence-corrected chi connectivity index (χ0v) is 7.62. The van der Waals surface area contributed by atoms with Crippen molar-refractivity contribution in [1.29, 1.82) is 0 Å².